The van der Waals surface area contributed by atoms with Gasteiger partial charge < -0.3 is 14.2 Å². The number of hydrogen-bond donors (Lipinski definition) is 0. The van der Waals surface area contributed by atoms with Crippen LogP contribution in [0.5, 0.6) is 17.2 Å². The number of nitrogens with zero attached hydrogens (tertiary/aromatic N) is 2. The van der Waals surface area contributed by atoms with E-state index in [-0.39, 0.29) is 6.04 Å². The zero-order valence-corrected chi connectivity index (χ0v) is 18.5. The van der Waals surface area contributed by atoms with Crippen molar-refractivity contribution in [2.45, 2.75) is 18.7 Å². The van der Waals surface area contributed by atoms with E-state index in [4.69, 9.17) is 42.5 Å². The van der Waals surface area contributed by atoms with Crippen LogP contribution in [-0.2, 0) is 0 Å². The fourth-order valence-corrected chi connectivity index (χ4v) is 4.70. The van der Waals surface area contributed by atoms with Crippen molar-refractivity contribution in [1.82, 2.24) is 5.01 Å². The molecule has 0 amide bonds. The number of hydrogen-bond acceptors (Lipinski definition) is 5. The monoisotopic (exact) mass is 454 g/mol. The predicted molar refractivity (Wildman–Crippen MR) is 122 cm³/mol. The number of rotatable bonds is 4. The first-order valence-corrected chi connectivity index (χ1v) is 10.6. The normalized spacial score (nSPS) is 19.2. The van der Waals surface area contributed by atoms with Crippen molar-refractivity contribution in [3.05, 3.63) is 87.4 Å². The van der Waals surface area contributed by atoms with Crippen LogP contribution in [0.3, 0.4) is 0 Å². The number of fused-ring (bicyclic) bond motifs is 3. The highest BCUT2D eigenvalue weighted by Crippen LogP contribution is 2.51. The van der Waals surface area contributed by atoms with Gasteiger partial charge in [0.1, 0.15) is 5.75 Å². The second-order valence-electron chi connectivity index (χ2n) is 7.40. The number of benzene rings is 3. The summed E-state index contributed by atoms with van der Waals surface area (Å²) >= 11 is 12.9. The molecule has 0 unspecified atom stereocenters. The van der Waals surface area contributed by atoms with Crippen LogP contribution in [0.1, 0.15) is 35.4 Å². The van der Waals surface area contributed by atoms with Crippen LogP contribution < -0.4 is 14.2 Å². The molecule has 0 radical (unpaired) electrons. The molecule has 2 aliphatic rings. The Morgan fingerprint density at radius 1 is 0.968 bits per heavy atom. The third-order valence-corrected chi connectivity index (χ3v) is 6.11. The highest BCUT2D eigenvalue weighted by molar-refractivity contribution is 6.35. The van der Waals surface area contributed by atoms with Crippen LogP contribution in [0.25, 0.3) is 0 Å². The zero-order chi connectivity index (χ0) is 21.5. The number of halogens is 2. The summed E-state index contributed by atoms with van der Waals surface area (Å²) in [5.74, 6) is 1.91. The summed E-state index contributed by atoms with van der Waals surface area (Å²) in [7, 11) is 3.23. The summed E-state index contributed by atoms with van der Waals surface area (Å²) in [6.45, 7) is 0. The van der Waals surface area contributed by atoms with E-state index in [0.717, 1.165) is 28.8 Å². The summed E-state index contributed by atoms with van der Waals surface area (Å²) in [6, 6.07) is 19.4. The molecular weight excluding hydrogens is 435 g/mol. The van der Waals surface area contributed by atoms with Gasteiger partial charge in [-0.05, 0) is 35.9 Å². The van der Waals surface area contributed by atoms with Gasteiger partial charge in [-0.3, -0.25) is 0 Å². The Balaban J connectivity index is 1.63. The molecule has 0 saturated carbocycles. The van der Waals surface area contributed by atoms with Crippen molar-refractivity contribution < 1.29 is 14.2 Å². The Kier molecular flexibility index (Phi) is 5.16. The number of methoxy groups -OCH3 is 2. The van der Waals surface area contributed by atoms with E-state index < -0.39 is 6.23 Å². The van der Waals surface area contributed by atoms with Crippen LogP contribution in [0.4, 0.5) is 0 Å². The molecule has 5 rings (SSSR count). The average molecular weight is 455 g/mol. The maximum Gasteiger partial charge on any atom is 0.214 e. The highest BCUT2D eigenvalue weighted by Gasteiger charge is 2.42. The van der Waals surface area contributed by atoms with Gasteiger partial charge in [-0.1, -0.05) is 53.5 Å². The lowest BCUT2D eigenvalue weighted by Gasteiger charge is -2.38. The molecule has 3 aromatic rings. The summed E-state index contributed by atoms with van der Waals surface area (Å²) in [5, 5.41) is 8.01. The molecule has 0 fully saturated rings. The molecule has 7 heteroatoms. The molecule has 2 heterocycles. The molecule has 31 heavy (non-hydrogen) atoms. The first-order valence-electron chi connectivity index (χ1n) is 9.88. The van der Waals surface area contributed by atoms with Gasteiger partial charge in [-0.25, -0.2) is 5.01 Å². The van der Waals surface area contributed by atoms with Crippen molar-refractivity contribution >= 4 is 28.9 Å². The minimum atomic E-state index is -0.475. The molecule has 0 saturated heterocycles. The molecule has 158 valence electrons. The van der Waals surface area contributed by atoms with Gasteiger partial charge in [0.05, 0.1) is 31.0 Å². The molecule has 0 spiro atoms. The Bertz CT molecular complexity index is 1170. The van der Waals surface area contributed by atoms with Crippen molar-refractivity contribution in [2.75, 3.05) is 14.2 Å². The summed E-state index contributed by atoms with van der Waals surface area (Å²) in [4.78, 5) is 0. The Morgan fingerprint density at radius 3 is 2.48 bits per heavy atom. The minimum absolute atomic E-state index is 0.0479. The molecule has 0 aliphatic carbocycles. The SMILES string of the molecule is COc1ccc([C@H]2Oc3c(Cl)cc(Cl)cc3[C@@H]3CC(c4ccccc4)=NN23)cc1OC. The minimum Gasteiger partial charge on any atom is -0.493 e. The first kappa shape index (κ1) is 20.0. The molecular formula is C24H20Cl2N2O3. The van der Waals surface area contributed by atoms with Crippen molar-refractivity contribution in [3.8, 4) is 17.2 Å². The van der Waals surface area contributed by atoms with Crippen LogP contribution in [0.15, 0.2) is 65.8 Å². The standard InChI is InChI=1S/C24H20Cl2N2O3/c1-29-21-9-8-15(10-22(21)30-2)24-28-20(13-19(27-28)14-6-4-3-5-7-14)17-11-16(25)12-18(26)23(17)31-24/h3-12,20,24H,13H2,1-2H3/t20-,24+/m0/s1. The Hall–Kier alpha value is -2.89. The summed E-state index contributed by atoms with van der Waals surface area (Å²) < 4.78 is 17.3. The lowest BCUT2D eigenvalue weighted by molar-refractivity contribution is -0.0190. The fraction of sp³-hybridized carbons (Fsp3) is 0.208. The second-order valence-corrected chi connectivity index (χ2v) is 8.25. The molecule has 2 aliphatic heterocycles. The van der Waals surface area contributed by atoms with E-state index in [1.165, 1.54) is 0 Å². The van der Waals surface area contributed by atoms with E-state index in [1.807, 2.05) is 47.5 Å². The number of hydrazone groups is 1. The Labute approximate surface area is 190 Å². The van der Waals surface area contributed by atoms with E-state index in [2.05, 4.69) is 12.1 Å². The third kappa shape index (κ3) is 3.48. The van der Waals surface area contributed by atoms with Crippen molar-refractivity contribution in [1.29, 1.82) is 0 Å². The van der Waals surface area contributed by atoms with Crippen LogP contribution in [-0.4, -0.2) is 24.9 Å². The molecule has 5 nitrogen and oxygen atoms in total. The van der Waals surface area contributed by atoms with Crippen LogP contribution >= 0.6 is 23.2 Å². The van der Waals surface area contributed by atoms with Gasteiger partial charge in [0.15, 0.2) is 11.5 Å². The third-order valence-electron chi connectivity index (χ3n) is 5.61. The molecule has 0 bridgehead atoms. The van der Waals surface area contributed by atoms with Crippen molar-refractivity contribution in [3.63, 3.8) is 0 Å². The molecule has 2 atom stereocenters. The van der Waals surface area contributed by atoms with Gasteiger partial charge in [-0.15, -0.1) is 0 Å². The topological polar surface area (TPSA) is 43.3 Å². The van der Waals surface area contributed by atoms with E-state index in [0.29, 0.717) is 27.3 Å². The largest absolute Gasteiger partial charge is 0.493 e. The summed E-state index contributed by atoms with van der Waals surface area (Å²) in [5.41, 5.74) is 3.89. The predicted octanol–water partition coefficient (Wildman–Crippen LogP) is 6.25. The lowest BCUT2D eigenvalue weighted by Crippen LogP contribution is -2.33. The fourth-order valence-electron chi connectivity index (χ4n) is 4.15. The van der Waals surface area contributed by atoms with Crippen molar-refractivity contribution in [2.24, 2.45) is 5.10 Å². The lowest BCUT2D eigenvalue weighted by atomic mass is 9.96. The second kappa shape index (κ2) is 7.98. The van der Waals surface area contributed by atoms with E-state index in [1.54, 1.807) is 20.3 Å². The smallest absolute Gasteiger partial charge is 0.214 e. The zero-order valence-electron chi connectivity index (χ0n) is 17.0. The maximum atomic E-state index is 6.54. The first-order chi connectivity index (χ1) is 15.1. The van der Waals surface area contributed by atoms with Gasteiger partial charge in [0, 0.05) is 22.6 Å². The van der Waals surface area contributed by atoms with Gasteiger partial charge in [0.2, 0.25) is 6.23 Å². The maximum absolute atomic E-state index is 6.54. The highest BCUT2D eigenvalue weighted by atomic mass is 35.5. The Morgan fingerprint density at radius 2 is 1.74 bits per heavy atom. The number of ether oxygens (including phenoxy) is 3. The van der Waals surface area contributed by atoms with E-state index >= 15 is 0 Å². The molecule has 0 N–H and O–H groups in total. The van der Waals surface area contributed by atoms with Gasteiger partial charge >= 0.3 is 0 Å². The van der Waals surface area contributed by atoms with E-state index in [9.17, 15) is 0 Å². The average Bonchev–Trinajstić information content (AvgIpc) is 3.25. The molecule has 3 aromatic carbocycles. The quantitative estimate of drug-likeness (QED) is 0.466. The van der Waals surface area contributed by atoms with Crippen LogP contribution in [0, 0.1) is 0 Å². The van der Waals surface area contributed by atoms with Crippen LogP contribution in [0.2, 0.25) is 10.0 Å². The van der Waals surface area contributed by atoms with Gasteiger partial charge in [0.25, 0.3) is 0 Å². The van der Waals surface area contributed by atoms with Gasteiger partial charge in [-0.2, -0.15) is 5.10 Å². The molecule has 0 aromatic heterocycles. The summed E-state index contributed by atoms with van der Waals surface area (Å²) in [6.07, 6.45) is 0.248.